The van der Waals surface area contributed by atoms with Gasteiger partial charge in [-0.2, -0.15) is 31.0 Å². The molecule has 2 N–H and O–H groups in total. The fourth-order valence-electron chi connectivity index (χ4n) is 1.75. The number of rotatable bonds is 4. The first-order valence-corrected chi connectivity index (χ1v) is 6.50. The molecule has 0 bridgehead atoms. The van der Waals surface area contributed by atoms with Gasteiger partial charge in [-0.25, -0.2) is 0 Å². The molecule has 1 aliphatic carbocycles. The number of nitrogens with one attached hydrogen (secondary N) is 2. The molecule has 1 rings (SSSR count). The van der Waals surface area contributed by atoms with Crippen molar-refractivity contribution in [3.63, 3.8) is 0 Å². The summed E-state index contributed by atoms with van der Waals surface area (Å²) in [5.74, 6) is 0.412. The summed E-state index contributed by atoms with van der Waals surface area (Å²) in [5.41, 5.74) is 0. The van der Waals surface area contributed by atoms with Crippen LogP contribution in [0.5, 0.6) is 0 Å². The molecule has 2 atom stereocenters. The molecule has 0 radical (unpaired) electrons. The molecule has 0 aromatic carbocycles. The highest BCUT2D eigenvalue weighted by atomic mass is 32.2. The fraction of sp³-hybridized carbons (Fsp3) is 1.00. The summed E-state index contributed by atoms with van der Waals surface area (Å²) in [5, 5.41) is 0. The summed E-state index contributed by atoms with van der Waals surface area (Å²) < 4.78 is 61.6. The van der Waals surface area contributed by atoms with Gasteiger partial charge in [0.05, 0.1) is 0 Å². The van der Waals surface area contributed by atoms with Crippen molar-refractivity contribution < 1.29 is 21.6 Å². The molecular weight excluding hydrogens is 245 g/mol. The van der Waals surface area contributed by atoms with Crippen molar-refractivity contribution in [1.82, 2.24) is 9.44 Å². The first kappa shape index (κ1) is 13.7. The van der Waals surface area contributed by atoms with Crippen molar-refractivity contribution >= 4 is 10.2 Å². The Hall–Kier alpha value is -0.340. The molecule has 8 heteroatoms. The Labute approximate surface area is 92.8 Å². The van der Waals surface area contributed by atoms with E-state index in [9.17, 15) is 21.6 Å². The zero-order valence-corrected chi connectivity index (χ0v) is 9.66. The topological polar surface area (TPSA) is 58.2 Å². The van der Waals surface area contributed by atoms with Crippen molar-refractivity contribution in [2.75, 3.05) is 6.54 Å². The van der Waals surface area contributed by atoms with E-state index < -0.39 is 22.9 Å². The predicted molar refractivity (Wildman–Crippen MR) is 52.9 cm³/mol. The largest absolute Gasteiger partial charge is 0.402 e. The Morgan fingerprint density at radius 2 is 1.94 bits per heavy atom. The lowest BCUT2D eigenvalue weighted by Gasteiger charge is -2.14. The van der Waals surface area contributed by atoms with Crippen LogP contribution >= 0.6 is 0 Å². The Morgan fingerprint density at radius 1 is 1.31 bits per heavy atom. The number of hydrogen-bond donors (Lipinski definition) is 2. The molecule has 4 nitrogen and oxygen atoms in total. The van der Waals surface area contributed by atoms with Crippen LogP contribution in [-0.2, 0) is 10.2 Å². The van der Waals surface area contributed by atoms with Crippen molar-refractivity contribution in [2.24, 2.45) is 5.92 Å². The average Bonchev–Trinajstić information content (AvgIpc) is 2.46. The lowest BCUT2D eigenvalue weighted by atomic mass is 10.1. The Bertz CT molecular complexity index is 329. The maximum atomic E-state index is 11.8. The van der Waals surface area contributed by atoms with E-state index in [4.69, 9.17) is 0 Å². The van der Waals surface area contributed by atoms with E-state index in [-0.39, 0.29) is 6.04 Å². The van der Waals surface area contributed by atoms with Gasteiger partial charge in [0.25, 0.3) is 10.2 Å². The molecule has 1 fully saturated rings. The van der Waals surface area contributed by atoms with Gasteiger partial charge in [0.1, 0.15) is 6.54 Å². The maximum absolute atomic E-state index is 11.8. The second-order valence-electron chi connectivity index (χ2n) is 4.17. The minimum atomic E-state index is -4.53. The summed E-state index contributed by atoms with van der Waals surface area (Å²) in [6.07, 6.45) is -2.29. The highest BCUT2D eigenvalue weighted by molar-refractivity contribution is 7.87. The zero-order chi connectivity index (χ0) is 12.4. The van der Waals surface area contributed by atoms with Gasteiger partial charge in [-0.1, -0.05) is 6.92 Å². The van der Waals surface area contributed by atoms with Gasteiger partial charge in [-0.15, -0.1) is 0 Å². The summed E-state index contributed by atoms with van der Waals surface area (Å²) in [6.45, 7) is 0.446. The fourth-order valence-corrected chi connectivity index (χ4v) is 2.84. The van der Waals surface area contributed by atoms with Crippen LogP contribution in [-0.4, -0.2) is 27.2 Å². The summed E-state index contributed by atoms with van der Waals surface area (Å²) in [6, 6.07) is -0.249. The van der Waals surface area contributed by atoms with Gasteiger partial charge in [0.2, 0.25) is 0 Å². The second-order valence-corrected chi connectivity index (χ2v) is 5.70. The minimum Gasteiger partial charge on any atom is -0.199 e. The summed E-state index contributed by atoms with van der Waals surface area (Å²) in [7, 11) is -4.04. The van der Waals surface area contributed by atoms with E-state index in [1.165, 1.54) is 4.72 Å². The molecule has 2 unspecified atom stereocenters. The van der Waals surface area contributed by atoms with Gasteiger partial charge in [-0.3, -0.25) is 0 Å². The molecule has 0 aliphatic heterocycles. The number of hydrogen-bond acceptors (Lipinski definition) is 2. The Balaban J connectivity index is 2.40. The highest BCUT2D eigenvalue weighted by Crippen LogP contribution is 2.24. The van der Waals surface area contributed by atoms with E-state index in [2.05, 4.69) is 4.72 Å². The van der Waals surface area contributed by atoms with Crippen LogP contribution in [0.1, 0.15) is 26.2 Å². The van der Waals surface area contributed by atoms with E-state index in [1.807, 2.05) is 6.92 Å². The van der Waals surface area contributed by atoms with E-state index >= 15 is 0 Å². The smallest absolute Gasteiger partial charge is 0.199 e. The van der Waals surface area contributed by atoms with Crippen LogP contribution in [0.2, 0.25) is 0 Å². The maximum Gasteiger partial charge on any atom is 0.402 e. The van der Waals surface area contributed by atoms with Crippen LogP contribution in [0.3, 0.4) is 0 Å². The molecule has 0 aromatic heterocycles. The highest BCUT2D eigenvalue weighted by Gasteiger charge is 2.31. The van der Waals surface area contributed by atoms with Crippen molar-refractivity contribution in [3.05, 3.63) is 0 Å². The lowest BCUT2D eigenvalue weighted by Crippen LogP contribution is -2.45. The van der Waals surface area contributed by atoms with Crippen LogP contribution in [0.15, 0.2) is 0 Å². The minimum absolute atomic E-state index is 0.249. The van der Waals surface area contributed by atoms with Crippen LogP contribution in [0.4, 0.5) is 13.2 Å². The van der Waals surface area contributed by atoms with Gasteiger partial charge in [-0.05, 0) is 25.2 Å². The quantitative estimate of drug-likeness (QED) is 0.797. The third-order valence-corrected chi connectivity index (χ3v) is 3.65. The van der Waals surface area contributed by atoms with Crippen molar-refractivity contribution in [3.8, 4) is 0 Å². The van der Waals surface area contributed by atoms with E-state index in [0.717, 1.165) is 6.42 Å². The zero-order valence-electron chi connectivity index (χ0n) is 8.84. The second kappa shape index (κ2) is 4.89. The normalized spacial score (nSPS) is 27.2. The SMILES string of the molecule is CC1CCC(NS(=O)(=O)NCC(F)(F)F)C1. The first-order valence-electron chi connectivity index (χ1n) is 5.01. The molecule has 1 aliphatic rings. The third kappa shape index (κ3) is 5.13. The van der Waals surface area contributed by atoms with E-state index in [1.54, 1.807) is 0 Å². The molecule has 0 amide bonds. The van der Waals surface area contributed by atoms with Crippen molar-refractivity contribution in [1.29, 1.82) is 0 Å². The summed E-state index contributed by atoms with van der Waals surface area (Å²) >= 11 is 0. The monoisotopic (exact) mass is 260 g/mol. The Kier molecular flexibility index (Phi) is 4.19. The van der Waals surface area contributed by atoms with Gasteiger partial charge < -0.3 is 0 Å². The third-order valence-electron chi connectivity index (χ3n) is 2.48. The molecular formula is C8H15F3N2O2S. The predicted octanol–water partition coefficient (Wildman–Crippen LogP) is 1.16. The molecule has 1 saturated carbocycles. The Morgan fingerprint density at radius 3 is 2.38 bits per heavy atom. The molecule has 0 saturated heterocycles. The lowest BCUT2D eigenvalue weighted by molar-refractivity contribution is -0.121. The van der Waals surface area contributed by atoms with Gasteiger partial charge >= 0.3 is 6.18 Å². The molecule has 96 valence electrons. The van der Waals surface area contributed by atoms with Gasteiger partial charge in [0.15, 0.2) is 0 Å². The van der Waals surface area contributed by atoms with E-state index in [0.29, 0.717) is 18.8 Å². The molecule has 0 aromatic rings. The van der Waals surface area contributed by atoms with Crippen LogP contribution in [0, 0.1) is 5.92 Å². The average molecular weight is 260 g/mol. The van der Waals surface area contributed by atoms with Crippen molar-refractivity contribution in [2.45, 2.75) is 38.4 Å². The molecule has 0 spiro atoms. The van der Waals surface area contributed by atoms with Gasteiger partial charge in [0, 0.05) is 6.04 Å². The summed E-state index contributed by atoms with van der Waals surface area (Å²) in [4.78, 5) is 0. The number of alkyl halides is 3. The molecule has 16 heavy (non-hydrogen) atoms. The molecule has 0 heterocycles. The van der Waals surface area contributed by atoms with Crippen LogP contribution in [0.25, 0.3) is 0 Å². The standard InChI is InChI=1S/C8H15F3N2O2S/c1-6-2-3-7(4-6)13-16(14,15)12-5-8(9,10)11/h6-7,12-13H,2-5H2,1H3. The van der Waals surface area contributed by atoms with Crippen LogP contribution < -0.4 is 9.44 Å². The first-order chi connectivity index (χ1) is 7.18. The number of halogens is 3.